The summed E-state index contributed by atoms with van der Waals surface area (Å²) in [6.07, 6.45) is 1.65. The average molecular weight is 418 g/mol. The molecule has 7 heteroatoms. The molecule has 1 fully saturated rings. The van der Waals surface area contributed by atoms with E-state index in [1.807, 2.05) is 72.5 Å². The second-order valence-electron chi connectivity index (χ2n) is 8.05. The van der Waals surface area contributed by atoms with Crippen LogP contribution in [0.15, 0.2) is 60.7 Å². The number of anilines is 1. The number of hydrogen-bond donors (Lipinski definition) is 2. The molecule has 160 valence electrons. The van der Waals surface area contributed by atoms with Gasteiger partial charge in [0.05, 0.1) is 23.8 Å². The second-order valence-corrected chi connectivity index (χ2v) is 8.05. The number of piperidine rings is 1. The molecule has 3 N–H and O–H groups in total. The number of aryl methyl sites for hydroxylation is 1. The van der Waals surface area contributed by atoms with Gasteiger partial charge in [0.15, 0.2) is 0 Å². The van der Waals surface area contributed by atoms with Gasteiger partial charge in [0.25, 0.3) is 0 Å². The van der Waals surface area contributed by atoms with Crippen molar-refractivity contribution in [3.63, 3.8) is 0 Å². The first kappa shape index (κ1) is 20.8. The number of hydrogen-bond acceptors (Lipinski definition) is 4. The van der Waals surface area contributed by atoms with Crippen molar-refractivity contribution in [2.45, 2.75) is 19.8 Å². The first-order valence-electron chi connectivity index (χ1n) is 10.5. The third-order valence-electron chi connectivity index (χ3n) is 5.60. The quantitative estimate of drug-likeness (QED) is 0.645. The van der Waals surface area contributed by atoms with Gasteiger partial charge in [0, 0.05) is 18.2 Å². The molecule has 3 aromatic rings. The molecule has 0 aliphatic carbocycles. The van der Waals surface area contributed by atoms with E-state index in [-0.39, 0.29) is 24.3 Å². The highest BCUT2D eigenvalue weighted by atomic mass is 16.2. The SMILES string of the molecule is Cc1ccc(-c2cc(NC(=O)CN3CCC[C@H](C(N)=O)C3)n(-c3ccccc3)n2)cc1. The molecule has 1 saturated heterocycles. The van der Waals surface area contributed by atoms with Gasteiger partial charge in [-0.05, 0) is 38.4 Å². The monoisotopic (exact) mass is 417 g/mol. The van der Waals surface area contributed by atoms with Crippen LogP contribution in [-0.2, 0) is 9.59 Å². The molecule has 1 aromatic heterocycles. The molecule has 4 rings (SSSR count). The van der Waals surface area contributed by atoms with Crippen LogP contribution in [0, 0.1) is 12.8 Å². The van der Waals surface area contributed by atoms with E-state index in [9.17, 15) is 9.59 Å². The summed E-state index contributed by atoms with van der Waals surface area (Å²) >= 11 is 0. The Bertz CT molecular complexity index is 1060. The number of rotatable bonds is 6. The molecule has 2 heterocycles. The molecule has 0 saturated carbocycles. The number of nitrogens with zero attached hydrogens (tertiary/aromatic N) is 3. The van der Waals surface area contributed by atoms with Gasteiger partial charge in [-0.1, -0.05) is 48.0 Å². The Morgan fingerprint density at radius 2 is 1.87 bits per heavy atom. The zero-order valence-corrected chi connectivity index (χ0v) is 17.6. The van der Waals surface area contributed by atoms with E-state index in [0.29, 0.717) is 12.4 Å². The third kappa shape index (κ3) is 5.00. The zero-order valence-electron chi connectivity index (χ0n) is 17.6. The molecular formula is C24H27N5O2. The smallest absolute Gasteiger partial charge is 0.239 e. The lowest BCUT2D eigenvalue weighted by Gasteiger charge is -2.30. The van der Waals surface area contributed by atoms with Crippen LogP contribution in [0.3, 0.4) is 0 Å². The van der Waals surface area contributed by atoms with Gasteiger partial charge in [-0.3, -0.25) is 14.5 Å². The highest BCUT2D eigenvalue weighted by Crippen LogP contribution is 2.25. The molecule has 0 radical (unpaired) electrons. The van der Waals surface area contributed by atoms with Crippen molar-refractivity contribution in [2.24, 2.45) is 11.7 Å². The minimum absolute atomic E-state index is 0.141. The van der Waals surface area contributed by atoms with Crippen LogP contribution in [0.25, 0.3) is 16.9 Å². The van der Waals surface area contributed by atoms with E-state index in [1.165, 1.54) is 5.56 Å². The Labute approximate surface area is 181 Å². The molecule has 0 unspecified atom stereocenters. The normalized spacial score (nSPS) is 16.7. The van der Waals surface area contributed by atoms with E-state index in [2.05, 4.69) is 5.32 Å². The van der Waals surface area contributed by atoms with Crippen LogP contribution in [0.5, 0.6) is 0 Å². The third-order valence-corrected chi connectivity index (χ3v) is 5.60. The zero-order chi connectivity index (χ0) is 21.8. The van der Waals surface area contributed by atoms with Crippen molar-refractivity contribution >= 4 is 17.6 Å². The predicted molar refractivity (Wildman–Crippen MR) is 121 cm³/mol. The summed E-state index contributed by atoms with van der Waals surface area (Å²) in [6.45, 7) is 3.56. The number of primary amides is 1. The number of nitrogens with one attached hydrogen (secondary N) is 1. The molecule has 2 amide bonds. The average Bonchev–Trinajstić information content (AvgIpc) is 3.18. The summed E-state index contributed by atoms with van der Waals surface area (Å²) in [5.41, 5.74) is 9.26. The fraction of sp³-hybridized carbons (Fsp3) is 0.292. The van der Waals surface area contributed by atoms with Crippen LogP contribution in [-0.4, -0.2) is 46.1 Å². The van der Waals surface area contributed by atoms with Crippen LogP contribution >= 0.6 is 0 Å². The highest BCUT2D eigenvalue weighted by molar-refractivity contribution is 5.92. The van der Waals surface area contributed by atoms with Crippen molar-refractivity contribution in [1.29, 1.82) is 0 Å². The van der Waals surface area contributed by atoms with Gasteiger partial charge in [0.2, 0.25) is 11.8 Å². The Balaban J connectivity index is 1.55. The fourth-order valence-corrected chi connectivity index (χ4v) is 3.92. The lowest BCUT2D eigenvalue weighted by Crippen LogP contribution is -2.44. The molecule has 1 atom stereocenters. The Morgan fingerprint density at radius 3 is 2.58 bits per heavy atom. The van der Waals surface area contributed by atoms with Crippen LogP contribution in [0.2, 0.25) is 0 Å². The van der Waals surface area contributed by atoms with Gasteiger partial charge >= 0.3 is 0 Å². The van der Waals surface area contributed by atoms with Gasteiger partial charge in [0.1, 0.15) is 5.82 Å². The largest absolute Gasteiger partial charge is 0.369 e. The van der Waals surface area contributed by atoms with Crippen molar-refractivity contribution < 1.29 is 9.59 Å². The number of nitrogens with two attached hydrogens (primary N) is 1. The summed E-state index contributed by atoms with van der Waals surface area (Å²) < 4.78 is 1.75. The molecular weight excluding hydrogens is 390 g/mol. The van der Waals surface area contributed by atoms with Crippen LogP contribution in [0.4, 0.5) is 5.82 Å². The number of carbonyl (C=O) groups excluding carboxylic acids is 2. The maximum Gasteiger partial charge on any atom is 0.239 e. The summed E-state index contributed by atoms with van der Waals surface area (Å²) in [7, 11) is 0. The lowest BCUT2D eigenvalue weighted by atomic mass is 9.97. The van der Waals surface area contributed by atoms with E-state index in [4.69, 9.17) is 10.8 Å². The summed E-state index contributed by atoms with van der Waals surface area (Å²) in [4.78, 5) is 26.3. The number of para-hydroxylation sites is 1. The van der Waals surface area contributed by atoms with Crippen LogP contribution in [0.1, 0.15) is 18.4 Å². The topological polar surface area (TPSA) is 93.3 Å². The minimum atomic E-state index is -0.296. The number of carbonyl (C=O) groups is 2. The maximum atomic E-state index is 12.8. The van der Waals surface area contributed by atoms with Crippen LogP contribution < -0.4 is 11.1 Å². The van der Waals surface area contributed by atoms with Gasteiger partial charge in [-0.2, -0.15) is 5.10 Å². The molecule has 1 aliphatic heterocycles. The summed E-state index contributed by atoms with van der Waals surface area (Å²) in [5.74, 6) is -0.0209. The molecule has 0 bridgehead atoms. The standard InChI is InChI=1S/C24H27N5O2/c1-17-9-11-18(12-10-17)21-14-22(29(27-21)20-7-3-2-4-8-20)26-23(30)16-28-13-5-6-19(15-28)24(25)31/h2-4,7-12,14,19H,5-6,13,15-16H2,1H3,(H2,25,31)(H,26,30)/t19-/m0/s1. The maximum absolute atomic E-state index is 12.8. The number of likely N-dealkylation sites (tertiary alicyclic amines) is 1. The first-order valence-corrected chi connectivity index (χ1v) is 10.5. The first-order chi connectivity index (χ1) is 15.0. The second kappa shape index (κ2) is 9.14. The Kier molecular flexibility index (Phi) is 6.13. The molecule has 1 aliphatic rings. The molecule has 7 nitrogen and oxygen atoms in total. The van der Waals surface area contributed by atoms with E-state index in [0.717, 1.165) is 36.3 Å². The molecule has 31 heavy (non-hydrogen) atoms. The number of aromatic nitrogens is 2. The summed E-state index contributed by atoms with van der Waals surface area (Å²) in [6, 6.07) is 19.7. The van der Waals surface area contributed by atoms with E-state index in [1.54, 1.807) is 4.68 Å². The molecule has 2 aromatic carbocycles. The lowest BCUT2D eigenvalue weighted by molar-refractivity contribution is -0.125. The Hall–Kier alpha value is -3.45. The van der Waals surface area contributed by atoms with Gasteiger partial charge in [-0.25, -0.2) is 4.68 Å². The van der Waals surface area contributed by atoms with Crippen molar-refractivity contribution in [1.82, 2.24) is 14.7 Å². The minimum Gasteiger partial charge on any atom is -0.369 e. The molecule has 0 spiro atoms. The van der Waals surface area contributed by atoms with Gasteiger partial charge in [-0.15, -0.1) is 0 Å². The fourth-order valence-electron chi connectivity index (χ4n) is 3.92. The Morgan fingerprint density at radius 1 is 1.13 bits per heavy atom. The van der Waals surface area contributed by atoms with E-state index < -0.39 is 0 Å². The highest BCUT2D eigenvalue weighted by Gasteiger charge is 2.25. The number of amides is 2. The van der Waals surface area contributed by atoms with Crippen molar-refractivity contribution in [3.05, 3.63) is 66.2 Å². The number of benzene rings is 2. The summed E-state index contributed by atoms with van der Waals surface area (Å²) in [5, 5.41) is 7.75. The van der Waals surface area contributed by atoms with Crippen molar-refractivity contribution in [3.8, 4) is 16.9 Å². The predicted octanol–water partition coefficient (Wildman–Crippen LogP) is 2.98. The van der Waals surface area contributed by atoms with Gasteiger partial charge < -0.3 is 11.1 Å². The van der Waals surface area contributed by atoms with E-state index >= 15 is 0 Å². The van der Waals surface area contributed by atoms with Crippen molar-refractivity contribution in [2.75, 3.05) is 25.0 Å².